The summed E-state index contributed by atoms with van der Waals surface area (Å²) in [7, 11) is 0. The second-order valence-electron chi connectivity index (χ2n) is 9.41. The van der Waals surface area contributed by atoms with E-state index < -0.39 is 5.54 Å². The van der Waals surface area contributed by atoms with Crippen molar-refractivity contribution in [2.75, 3.05) is 0 Å². The fourth-order valence-electron chi connectivity index (χ4n) is 5.26. The summed E-state index contributed by atoms with van der Waals surface area (Å²) >= 11 is 1.38. The van der Waals surface area contributed by atoms with Gasteiger partial charge in [0.05, 0.1) is 16.9 Å². The topological polar surface area (TPSA) is 34.9 Å². The molecule has 2 heterocycles. The quantitative estimate of drug-likeness (QED) is 0.119. The molecule has 0 unspecified atom stereocenters. The first-order valence-corrected chi connectivity index (χ1v) is 13.5. The Morgan fingerprint density at radius 2 is 1.41 bits per heavy atom. The standard InChI is InChI=1S/C34H25FN2OS/c1-24-30-21-28(35)17-20-32(30)39-33(24)31(38)19-18-29-22-37(23-36-29)34(25-11-5-2-6-12-25,26-13-7-3-8-14-26)27-15-9-4-10-16-27/h2-23H,1H3/b19-18+. The summed E-state index contributed by atoms with van der Waals surface area (Å²) in [5.74, 6) is -0.425. The van der Waals surface area contributed by atoms with Gasteiger partial charge in [0, 0.05) is 10.9 Å². The van der Waals surface area contributed by atoms with E-state index in [1.54, 1.807) is 18.2 Å². The largest absolute Gasteiger partial charge is 0.318 e. The Morgan fingerprint density at radius 1 is 0.846 bits per heavy atom. The van der Waals surface area contributed by atoms with Gasteiger partial charge >= 0.3 is 0 Å². The minimum Gasteiger partial charge on any atom is -0.318 e. The van der Waals surface area contributed by atoms with Crippen molar-refractivity contribution in [1.29, 1.82) is 0 Å². The number of nitrogens with zero attached hydrogens (tertiary/aromatic N) is 2. The second-order valence-corrected chi connectivity index (χ2v) is 10.5. The molecular formula is C34H25FN2OS. The highest BCUT2D eigenvalue weighted by atomic mass is 32.1. The Kier molecular flexibility index (Phi) is 6.51. The first-order chi connectivity index (χ1) is 19.1. The molecule has 0 fully saturated rings. The summed E-state index contributed by atoms with van der Waals surface area (Å²) in [4.78, 5) is 18.4. The predicted molar refractivity (Wildman–Crippen MR) is 157 cm³/mol. The van der Waals surface area contributed by atoms with E-state index in [4.69, 9.17) is 0 Å². The number of ketones is 1. The Balaban J connectivity index is 1.43. The Labute approximate surface area is 230 Å². The molecule has 0 aliphatic rings. The van der Waals surface area contributed by atoms with E-state index in [2.05, 4.69) is 45.9 Å². The molecule has 0 saturated carbocycles. The highest BCUT2D eigenvalue weighted by Gasteiger charge is 2.38. The van der Waals surface area contributed by atoms with Crippen molar-refractivity contribution in [3.8, 4) is 0 Å². The highest BCUT2D eigenvalue weighted by Crippen LogP contribution is 2.41. The van der Waals surface area contributed by atoms with Crippen molar-refractivity contribution in [1.82, 2.24) is 9.55 Å². The van der Waals surface area contributed by atoms with Crippen molar-refractivity contribution in [3.05, 3.63) is 166 Å². The molecule has 6 rings (SSSR count). The average molecular weight is 529 g/mol. The first kappa shape index (κ1) is 24.7. The zero-order valence-electron chi connectivity index (χ0n) is 21.3. The third-order valence-corrected chi connectivity index (χ3v) is 8.38. The third kappa shape index (κ3) is 4.41. The lowest BCUT2D eigenvalue weighted by molar-refractivity contribution is 0.105. The van der Waals surface area contributed by atoms with E-state index in [0.29, 0.717) is 10.6 Å². The number of benzene rings is 4. The van der Waals surface area contributed by atoms with Crippen LogP contribution in [0.15, 0.2) is 128 Å². The lowest BCUT2D eigenvalue weighted by atomic mass is 9.77. The highest BCUT2D eigenvalue weighted by molar-refractivity contribution is 7.21. The number of imidazole rings is 1. The number of aryl methyl sites for hydroxylation is 1. The van der Waals surface area contributed by atoms with Crippen LogP contribution >= 0.6 is 11.3 Å². The van der Waals surface area contributed by atoms with Crippen LogP contribution in [0.2, 0.25) is 0 Å². The van der Waals surface area contributed by atoms with E-state index in [1.807, 2.05) is 74.0 Å². The van der Waals surface area contributed by atoms with E-state index in [9.17, 15) is 9.18 Å². The number of thiophene rings is 1. The molecule has 0 spiro atoms. The number of hydrogen-bond acceptors (Lipinski definition) is 3. The molecule has 190 valence electrons. The molecular weight excluding hydrogens is 503 g/mol. The number of hydrogen-bond donors (Lipinski definition) is 0. The maximum atomic E-state index is 13.8. The van der Waals surface area contributed by atoms with Gasteiger partial charge in [-0.2, -0.15) is 0 Å². The van der Waals surface area contributed by atoms with Crippen molar-refractivity contribution >= 4 is 33.3 Å². The summed E-state index contributed by atoms with van der Waals surface area (Å²) in [6.45, 7) is 1.86. The molecule has 0 aliphatic carbocycles. The van der Waals surface area contributed by atoms with Crippen molar-refractivity contribution in [3.63, 3.8) is 0 Å². The van der Waals surface area contributed by atoms with Crippen molar-refractivity contribution in [2.45, 2.75) is 12.5 Å². The van der Waals surface area contributed by atoms with Gasteiger partial charge in [-0.3, -0.25) is 4.79 Å². The normalized spacial score (nSPS) is 11.8. The number of fused-ring (bicyclic) bond motifs is 1. The molecule has 0 radical (unpaired) electrons. The third-order valence-electron chi connectivity index (χ3n) is 7.09. The van der Waals surface area contributed by atoms with Gasteiger partial charge in [-0.05, 0) is 64.9 Å². The molecule has 0 bridgehead atoms. The Hall–Kier alpha value is -4.61. The number of aromatic nitrogens is 2. The maximum absolute atomic E-state index is 13.8. The lowest BCUT2D eigenvalue weighted by Crippen LogP contribution is -2.36. The van der Waals surface area contributed by atoms with Gasteiger partial charge in [0.15, 0.2) is 5.78 Å². The van der Waals surface area contributed by atoms with Crippen LogP contribution in [0.5, 0.6) is 0 Å². The summed E-state index contributed by atoms with van der Waals surface area (Å²) in [5, 5.41) is 0.777. The van der Waals surface area contributed by atoms with Gasteiger partial charge in [0.2, 0.25) is 0 Å². The Bertz CT molecular complexity index is 1690. The van der Waals surface area contributed by atoms with Gasteiger partial charge in [-0.1, -0.05) is 91.0 Å². The monoisotopic (exact) mass is 528 g/mol. The molecule has 39 heavy (non-hydrogen) atoms. The summed E-state index contributed by atoms with van der Waals surface area (Å²) < 4.78 is 16.8. The van der Waals surface area contributed by atoms with Gasteiger partial charge < -0.3 is 4.57 Å². The molecule has 5 heteroatoms. The van der Waals surface area contributed by atoms with E-state index in [1.165, 1.54) is 23.5 Å². The molecule has 3 nitrogen and oxygen atoms in total. The minimum atomic E-state index is -0.668. The van der Waals surface area contributed by atoms with Crippen LogP contribution in [-0.4, -0.2) is 15.3 Å². The van der Waals surface area contributed by atoms with Gasteiger partial charge in [-0.15, -0.1) is 11.3 Å². The molecule has 0 atom stereocenters. The van der Waals surface area contributed by atoms with Crippen LogP contribution < -0.4 is 0 Å². The number of allylic oxidation sites excluding steroid dienone is 1. The van der Waals surface area contributed by atoms with Gasteiger partial charge in [-0.25, -0.2) is 9.37 Å². The van der Waals surface area contributed by atoms with Gasteiger partial charge in [0.25, 0.3) is 0 Å². The molecule has 0 amide bonds. The van der Waals surface area contributed by atoms with Crippen LogP contribution in [0.3, 0.4) is 0 Å². The van der Waals surface area contributed by atoms with Gasteiger partial charge in [0.1, 0.15) is 11.4 Å². The van der Waals surface area contributed by atoms with E-state index in [-0.39, 0.29) is 11.6 Å². The lowest BCUT2D eigenvalue weighted by Gasteiger charge is -2.37. The van der Waals surface area contributed by atoms with E-state index in [0.717, 1.165) is 32.3 Å². The minimum absolute atomic E-state index is 0.121. The molecule has 0 aliphatic heterocycles. The average Bonchev–Trinajstić information content (AvgIpc) is 3.59. The van der Waals surface area contributed by atoms with E-state index >= 15 is 0 Å². The fourth-order valence-corrected chi connectivity index (χ4v) is 6.37. The van der Waals surface area contributed by atoms with Crippen molar-refractivity contribution < 1.29 is 9.18 Å². The van der Waals surface area contributed by atoms with Crippen LogP contribution in [0.1, 0.15) is 37.6 Å². The molecule has 0 N–H and O–H groups in total. The zero-order valence-corrected chi connectivity index (χ0v) is 22.1. The maximum Gasteiger partial charge on any atom is 0.196 e. The van der Waals surface area contributed by atoms with Crippen LogP contribution in [0.25, 0.3) is 16.2 Å². The molecule has 6 aromatic rings. The Morgan fingerprint density at radius 3 is 1.97 bits per heavy atom. The molecule has 4 aromatic carbocycles. The molecule has 2 aromatic heterocycles. The van der Waals surface area contributed by atoms with Crippen LogP contribution in [0, 0.1) is 12.7 Å². The molecule has 0 saturated heterocycles. The number of rotatable bonds is 7. The van der Waals surface area contributed by atoms with Crippen LogP contribution in [-0.2, 0) is 5.54 Å². The second kappa shape index (κ2) is 10.3. The van der Waals surface area contributed by atoms with Crippen LogP contribution in [0.4, 0.5) is 4.39 Å². The first-order valence-electron chi connectivity index (χ1n) is 12.7. The SMILES string of the molecule is Cc1c(C(=O)/C=C/c2cn(C(c3ccccc3)(c3ccccc3)c3ccccc3)cn2)sc2ccc(F)cc12. The van der Waals surface area contributed by atoms with Crippen molar-refractivity contribution in [2.24, 2.45) is 0 Å². The smallest absolute Gasteiger partial charge is 0.196 e. The number of carbonyl (C=O) groups excluding carboxylic acids is 1. The predicted octanol–water partition coefficient (Wildman–Crippen LogP) is 8.28. The summed E-state index contributed by atoms with van der Waals surface area (Å²) in [6.07, 6.45) is 7.10. The zero-order chi connectivity index (χ0) is 26.8. The number of carbonyl (C=O) groups is 1. The fraction of sp³-hybridized carbons (Fsp3) is 0.0588. The number of halogens is 1. The summed E-state index contributed by atoms with van der Waals surface area (Å²) in [5.41, 5.74) is 4.09. The summed E-state index contributed by atoms with van der Waals surface area (Å²) in [6, 6.07) is 35.8.